The van der Waals surface area contributed by atoms with Gasteiger partial charge in [-0.3, -0.25) is 4.68 Å². The first kappa shape index (κ1) is 17.2. The summed E-state index contributed by atoms with van der Waals surface area (Å²) >= 11 is 0. The Labute approximate surface area is 142 Å². The summed E-state index contributed by atoms with van der Waals surface area (Å²) < 4.78 is 28.3. The van der Waals surface area contributed by atoms with Gasteiger partial charge in [-0.15, -0.1) is 0 Å². The predicted molar refractivity (Wildman–Crippen MR) is 88.9 cm³/mol. The number of hydrogen-bond acceptors (Lipinski definition) is 4. The van der Waals surface area contributed by atoms with Gasteiger partial charge in [-0.2, -0.15) is 9.40 Å². The third-order valence-electron chi connectivity index (χ3n) is 4.74. The Balaban J connectivity index is 1.61. The minimum Gasteiger partial charge on any atom is -0.335 e. The van der Waals surface area contributed by atoms with Crippen LogP contribution in [0.1, 0.15) is 32.1 Å². The first-order valence-corrected chi connectivity index (χ1v) is 9.95. The zero-order chi connectivity index (χ0) is 17.2. The summed E-state index contributed by atoms with van der Waals surface area (Å²) in [5.74, 6) is 0. The quantitative estimate of drug-likeness (QED) is 0.867. The van der Waals surface area contributed by atoms with Crippen LogP contribution in [0, 0.1) is 0 Å². The average molecular weight is 355 g/mol. The Morgan fingerprint density at radius 1 is 1.17 bits per heavy atom. The normalized spacial score (nSPS) is 21.0. The maximum Gasteiger partial charge on any atom is 0.317 e. The number of nitrogens with zero attached hydrogens (tertiary/aromatic N) is 4. The van der Waals surface area contributed by atoms with Gasteiger partial charge in [-0.05, 0) is 19.3 Å². The largest absolute Gasteiger partial charge is 0.335 e. The van der Waals surface area contributed by atoms with E-state index < -0.39 is 10.0 Å². The predicted octanol–water partition coefficient (Wildman–Crippen LogP) is 0.769. The first-order chi connectivity index (χ1) is 11.5. The third-order valence-corrected chi connectivity index (χ3v) is 6.60. The molecule has 1 saturated carbocycles. The van der Waals surface area contributed by atoms with Gasteiger partial charge in [-0.1, -0.05) is 12.8 Å². The van der Waals surface area contributed by atoms with Gasteiger partial charge in [0.1, 0.15) is 4.90 Å². The number of rotatable bonds is 3. The Morgan fingerprint density at radius 3 is 2.58 bits per heavy atom. The fourth-order valence-electron chi connectivity index (χ4n) is 3.35. The van der Waals surface area contributed by atoms with E-state index in [-0.39, 0.29) is 17.0 Å². The molecule has 0 atom stereocenters. The lowest BCUT2D eigenvalue weighted by atomic mass is 10.2. The summed E-state index contributed by atoms with van der Waals surface area (Å²) in [7, 11) is -1.85. The molecule has 2 amide bonds. The van der Waals surface area contributed by atoms with Crippen LogP contribution >= 0.6 is 0 Å². The number of nitrogens with one attached hydrogen (secondary N) is 1. The molecule has 1 aromatic rings. The van der Waals surface area contributed by atoms with Crippen molar-refractivity contribution in [1.29, 1.82) is 0 Å². The van der Waals surface area contributed by atoms with Crippen molar-refractivity contribution in [2.75, 3.05) is 26.2 Å². The van der Waals surface area contributed by atoms with E-state index >= 15 is 0 Å². The van der Waals surface area contributed by atoms with Crippen LogP contribution in [0.25, 0.3) is 0 Å². The monoisotopic (exact) mass is 355 g/mol. The SMILES string of the molecule is Cn1cc(S(=O)(=O)N2CCCN(C(=O)NC3CCCC3)CC2)cn1. The van der Waals surface area contributed by atoms with Gasteiger partial charge in [0.05, 0.1) is 6.20 Å². The molecule has 0 bridgehead atoms. The minimum absolute atomic E-state index is 0.0671. The molecule has 3 rings (SSSR count). The molecule has 1 aliphatic carbocycles. The molecule has 0 aromatic carbocycles. The van der Waals surface area contributed by atoms with Gasteiger partial charge in [0.2, 0.25) is 10.0 Å². The molecule has 1 saturated heterocycles. The Morgan fingerprint density at radius 2 is 1.92 bits per heavy atom. The second-order valence-electron chi connectivity index (χ2n) is 6.53. The molecule has 2 aliphatic rings. The van der Waals surface area contributed by atoms with Crippen LogP contribution in [-0.2, 0) is 17.1 Å². The summed E-state index contributed by atoms with van der Waals surface area (Å²) in [6.07, 6.45) is 7.93. The van der Waals surface area contributed by atoms with E-state index in [0.717, 1.165) is 12.8 Å². The summed E-state index contributed by atoms with van der Waals surface area (Å²) in [5, 5.41) is 7.01. The third kappa shape index (κ3) is 3.72. The number of aryl methyl sites for hydroxylation is 1. The van der Waals surface area contributed by atoms with Crippen LogP contribution in [0.3, 0.4) is 0 Å². The van der Waals surface area contributed by atoms with Crippen LogP contribution in [-0.4, -0.2) is 65.7 Å². The minimum atomic E-state index is -3.54. The van der Waals surface area contributed by atoms with Gasteiger partial charge < -0.3 is 10.2 Å². The van der Waals surface area contributed by atoms with Crippen LogP contribution in [0.4, 0.5) is 4.79 Å². The van der Waals surface area contributed by atoms with E-state index in [4.69, 9.17) is 0 Å². The number of sulfonamides is 1. The number of hydrogen-bond donors (Lipinski definition) is 1. The van der Waals surface area contributed by atoms with E-state index in [1.54, 1.807) is 11.9 Å². The highest BCUT2D eigenvalue weighted by molar-refractivity contribution is 7.89. The number of urea groups is 1. The second kappa shape index (κ2) is 7.10. The number of amides is 2. The molecule has 8 nitrogen and oxygen atoms in total. The van der Waals surface area contributed by atoms with Crippen molar-refractivity contribution in [3.63, 3.8) is 0 Å². The highest BCUT2D eigenvalue weighted by Crippen LogP contribution is 2.19. The zero-order valence-electron chi connectivity index (χ0n) is 14.0. The lowest BCUT2D eigenvalue weighted by Gasteiger charge is -2.23. The lowest BCUT2D eigenvalue weighted by molar-refractivity contribution is 0.196. The Hall–Kier alpha value is -1.61. The summed E-state index contributed by atoms with van der Waals surface area (Å²) in [4.78, 5) is 14.3. The standard InChI is InChI=1S/C15H25N5O3S/c1-18-12-14(11-16-18)24(22,23)20-8-4-7-19(9-10-20)15(21)17-13-5-2-3-6-13/h11-13H,2-10H2,1H3,(H,17,21). The maximum atomic E-state index is 12.7. The molecular formula is C15H25N5O3S. The van der Waals surface area contributed by atoms with Crippen molar-refractivity contribution in [2.24, 2.45) is 7.05 Å². The molecule has 1 N–H and O–H groups in total. The van der Waals surface area contributed by atoms with E-state index in [0.29, 0.717) is 32.6 Å². The van der Waals surface area contributed by atoms with Crippen molar-refractivity contribution in [3.8, 4) is 0 Å². The Kier molecular flexibility index (Phi) is 5.09. The van der Waals surface area contributed by atoms with Crippen molar-refractivity contribution >= 4 is 16.1 Å². The van der Waals surface area contributed by atoms with E-state index in [1.165, 1.54) is 34.2 Å². The maximum absolute atomic E-state index is 12.7. The van der Waals surface area contributed by atoms with Gasteiger partial charge >= 0.3 is 6.03 Å². The first-order valence-electron chi connectivity index (χ1n) is 8.51. The van der Waals surface area contributed by atoms with Gasteiger partial charge in [0.15, 0.2) is 0 Å². The molecule has 1 aromatic heterocycles. The molecular weight excluding hydrogens is 330 g/mol. The van der Waals surface area contributed by atoms with Crippen molar-refractivity contribution in [1.82, 2.24) is 24.3 Å². The summed E-state index contributed by atoms with van der Waals surface area (Å²) in [5.41, 5.74) is 0. The van der Waals surface area contributed by atoms with Crippen molar-refractivity contribution in [2.45, 2.75) is 43.0 Å². The highest BCUT2D eigenvalue weighted by atomic mass is 32.2. The van der Waals surface area contributed by atoms with Crippen LogP contribution in [0.5, 0.6) is 0 Å². The molecule has 1 aliphatic heterocycles. The van der Waals surface area contributed by atoms with Crippen molar-refractivity contribution < 1.29 is 13.2 Å². The van der Waals surface area contributed by atoms with Gasteiger partial charge in [-0.25, -0.2) is 13.2 Å². The number of aromatic nitrogens is 2. The molecule has 9 heteroatoms. The average Bonchev–Trinajstić information content (AvgIpc) is 3.13. The molecule has 0 radical (unpaired) electrons. The number of carbonyl (C=O) groups is 1. The van der Waals surface area contributed by atoms with E-state index in [1.807, 2.05) is 0 Å². The number of carbonyl (C=O) groups excluding carboxylic acids is 1. The zero-order valence-corrected chi connectivity index (χ0v) is 14.8. The second-order valence-corrected chi connectivity index (χ2v) is 8.46. The van der Waals surface area contributed by atoms with E-state index in [9.17, 15) is 13.2 Å². The Bertz CT molecular complexity index is 681. The molecule has 134 valence electrons. The van der Waals surface area contributed by atoms with E-state index in [2.05, 4.69) is 10.4 Å². The van der Waals surface area contributed by atoms with Gasteiger partial charge in [0, 0.05) is 45.5 Å². The smallest absolute Gasteiger partial charge is 0.317 e. The molecule has 24 heavy (non-hydrogen) atoms. The van der Waals surface area contributed by atoms with Crippen LogP contribution in [0.2, 0.25) is 0 Å². The lowest BCUT2D eigenvalue weighted by Crippen LogP contribution is -2.45. The van der Waals surface area contributed by atoms with Crippen molar-refractivity contribution in [3.05, 3.63) is 12.4 Å². The molecule has 0 spiro atoms. The topological polar surface area (TPSA) is 87.5 Å². The molecule has 2 fully saturated rings. The molecule has 0 unspecified atom stereocenters. The fraction of sp³-hybridized carbons (Fsp3) is 0.733. The van der Waals surface area contributed by atoms with Crippen LogP contribution in [0.15, 0.2) is 17.3 Å². The van der Waals surface area contributed by atoms with Crippen LogP contribution < -0.4 is 5.32 Å². The van der Waals surface area contributed by atoms with Gasteiger partial charge in [0.25, 0.3) is 0 Å². The summed E-state index contributed by atoms with van der Waals surface area (Å²) in [6, 6.07) is 0.207. The molecule has 2 heterocycles. The fourth-order valence-corrected chi connectivity index (χ4v) is 4.81. The summed E-state index contributed by atoms with van der Waals surface area (Å²) in [6.45, 7) is 1.73. The highest BCUT2D eigenvalue weighted by Gasteiger charge is 2.29.